The molecule has 0 unspecified atom stereocenters. The maximum atomic E-state index is 2.53. The van der Waals surface area contributed by atoms with Crippen LogP contribution in [0.5, 0.6) is 0 Å². The van der Waals surface area contributed by atoms with Crippen LogP contribution < -0.4 is 0 Å². The second kappa shape index (κ2) is 5.84. The number of nitrogens with zero attached hydrogens (tertiary/aromatic N) is 1. The topological polar surface area (TPSA) is 4.93 Å². The molecule has 1 nitrogen and oxygen atoms in total. The summed E-state index contributed by atoms with van der Waals surface area (Å²) in [6, 6.07) is 20.4. The van der Waals surface area contributed by atoms with Crippen LogP contribution in [0.4, 0.5) is 0 Å². The van der Waals surface area contributed by atoms with Crippen molar-refractivity contribution in [3.63, 3.8) is 0 Å². The van der Waals surface area contributed by atoms with Crippen LogP contribution in [0.25, 0.3) is 42.0 Å². The third kappa shape index (κ3) is 2.17. The first-order valence-electron chi connectivity index (χ1n) is 10.1. The predicted molar refractivity (Wildman–Crippen MR) is 119 cm³/mol. The Balaban J connectivity index is 1.84. The summed E-state index contributed by atoms with van der Waals surface area (Å²) in [5.41, 5.74) is 4.34. The lowest BCUT2D eigenvalue weighted by Crippen LogP contribution is -2.05. The van der Waals surface area contributed by atoms with Crippen LogP contribution in [0.1, 0.15) is 43.6 Å². The second-order valence-corrected chi connectivity index (χ2v) is 9.13. The third-order valence-electron chi connectivity index (χ3n) is 6.60. The van der Waals surface area contributed by atoms with Crippen LogP contribution in [-0.4, -0.2) is 4.57 Å². The first kappa shape index (κ1) is 15.7. The fraction of sp³-hybridized carbons (Fsp3) is 0.280. The molecule has 2 heteroatoms. The SMILES string of the molecule is Cn1c2ccccc2c2c3sc4ccccc4c3c(C3CCCCC3)cc21. The van der Waals surface area contributed by atoms with E-state index in [1.807, 2.05) is 11.3 Å². The fourth-order valence-electron chi connectivity index (χ4n) is 5.28. The average Bonchev–Trinajstić information content (AvgIpc) is 3.25. The first-order valence-corrected chi connectivity index (χ1v) is 11.0. The molecule has 1 fully saturated rings. The van der Waals surface area contributed by atoms with Crippen molar-refractivity contribution in [3.8, 4) is 0 Å². The summed E-state index contributed by atoms with van der Waals surface area (Å²) in [6.45, 7) is 0. The van der Waals surface area contributed by atoms with Crippen LogP contribution in [0.2, 0.25) is 0 Å². The quantitative estimate of drug-likeness (QED) is 0.285. The number of benzene rings is 3. The highest BCUT2D eigenvalue weighted by atomic mass is 32.1. The van der Waals surface area contributed by atoms with E-state index in [1.54, 1.807) is 5.56 Å². The van der Waals surface area contributed by atoms with Gasteiger partial charge in [0.15, 0.2) is 0 Å². The molecule has 3 aromatic carbocycles. The zero-order valence-corrected chi connectivity index (χ0v) is 16.5. The van der Waals surface area contributed by atoms with Gasteiger partial charge in [0.05, 0.1) is 5.52 Å². The van der Waals surface area contributed by atoms with Crippen molar-refractivity contribution < 1.29 is 0 Å². The molecule has 0 atom stereocenters. The van der Waals surface area contributed by atoms with E-state index >= 15 is 0 Å². The lowest BCUT2D eigenvalue weighted by atomic mass is 9.82. The van der Waals surface area contributed by atoms with Gasteiger partial charge in [0.2, 0.25) is 0 Å². The summed E-state index contributed by atoms with van der Waals surface area (Å²) >= 11 is 1.98. The fourth-order valence-corrected chi connectivity index (χ4v) is 6.58. The van der Waals surface area contributed by atoms with Gasteiger partial charge in [-0.1, -0.05) is 55.7 Å². The van der Waals surface area contributed by atoms with Crippen molar-refractivity contribution in [1.29, 1.82) is 0 Å². The van der Waals surface area contributed by atoms with E-state index in [2.05, 4.69) is 66.2 Å². The van der Waals surface area contributed by atoms with E-state index in [1.165, 1.54) is 74.1 Å². The number of aromatic nitrogens is 1. The molecule has 0 bridgehead atoms. The van der Waals surface area contributed by atoms with Gasteiger partial charge in [-0.25, -0.2) is 0 Å². The Labute approximate surface area is 163 Å². The van der Waals surface area contributed by atoms with Crippen LogP contribution in [0, 0.1) is 0 Å². The van der Waals surface area contributed by atoms with Crippen LogP contribution in [-0.2, 0) is 7.05 Å². The van der Waals surface area contributed by atoms with Crippen molar-refractivity contribution in [2.24, 2.45) is 7.05 Å². The Hall–Kier alpha value is -2.32. The molecular formula is C25H23NS. The number of hydrogen-bond acceptors (Lipinski definition) is 1. The van der Waals surface area contributed by atoms with E-state index in [0.29, 0.717) is 5.92 Å². The highest BCUT2D eigenvalue weighted by Gasteiger charge is 2.23. The van der Waals surface area contributed by atoms with Gasteiger partial charge in [-0.05, 0) is 42.5 Å². The smallest absolute Gasteiger partial charge is 0.0506 e. The van der Waals surface area contributed by atoms with Gasteiger partial charge in [0.1, 0.15) is 0 Å². The molecule has 5 aromatic rings. The Morgan fingerprint density at radius 3 is 2.41 bits per heavy atom. The predicted octanol–water partition coefficient (Wildman–Crippen LogP) is 7.75. The normalized spacial score (nSPS) is 16.2. The lowest BCUT2D eigenvalue weighted by molar-refractivity contribution is 0.446. The molecule has 0 radical (unpaired) electrons. The average molecular weight is 370 g/mol. The summed E-state index contributed by atoms with van der Waals surface area (Å²) in [5, 5.41) is 5.82. The number of fused-ring (bicyclic) bond motifs is 7. The zero-order chi connectivity index (χ0) is 18.0. The molecule has 0 saturated heterocycles. The summed E-state index contributed by atoms with van der Waals surface area (Å²) in [5.74, 6) is 0.710. The van der Waals surface area contributed by atoms with E-state index < -0.39 is 0 Å². The van der Waals surface area contributed by atoms with Crippen molar-refractivity contribution in [2.45, 2.75) is 38.0 Å². The minimum absolute atomic E-state index is 0.710. The molecule has 0 N–H and O–H groups in total. The van der Waals surface area contributed by atoms with E-state index in [9.17, 15) is 0 Å². The van der Waals surface area contributed by atoms with Crippen molar-refractivity contribution in [2.75, 3.05) is 0 Å². The van der Waals surface area contributed by atoms with Crippen LogP contribution >= 0.6 is 11.3 Å². The molecule has 1 aliphatic rings. The van der Waals surface area contributed by atoms with Crippen LogP contribution in [0.3, 0.4) is 0 Å². The summed E-state index contributed by atoms with van der Waals surface area (Å²) < 4.78 is 5.32. The monoisotopic (exact) mass is 369 g/mol. The molecule has 134 valence electrons. The Morgan fingerprint density at radius 2 is 1.56 bits per heavy atom. The van der Waals surface area contributed by atoms with E-state index in [4.69, 9.17) is 0 Å². The zero-order valence-electron chi connectivity index (χ0n) is 15.7. The number of thiophene rings is 1. The second-order valence-electron chi connectivity index (χ2n) is 8.07. The lowest BCUT2D eigenvalue weighted by Gasteiger charge is -2.23. The van der Waals surface area contributed by atoms with Gasteiger partial charge >= 0.3 is 0 Å². The van der Waals surface area contributed by atoms with Gasteiger partial charge < -0.3 is 4.57 Å². The number of aryl methyl sites for hydroxylation is 1. The molecule has 1 aliphatic carbocycles. The van der Waals surface area contributed by atoms with Gasteiger partial charge in [-0.3, -0.25) is 0 Å². The Morgan fingerprint density at radius 1 is 0.815 bits per heavy atom. The molecular weight excluding hydrogens is 346 g/mol. The largest absolute Gasteiger partial charge is 0.344 e. The molecule has 1 saturated carbocycles. The van der Waals surface area contributed by atoms with Crippen molar-refractivity contribution in [1.82, 2.24) is 4.57 Å². The minimum Gasteiger partial charge on any atom is -0.344 e. The van der Waals surface area contributed by atoms with Gasteiger partial charge in [-0.15, -0.1) is 11.3 Å². The molecule has 2 aromatic heterocycles. The number of rotatable bonds is 1. The Bertz CT molecular complexity index is 1310. The summed E-state index contributed by atoms with van der Waals surface area (Å²) in [4.78, 5) is 0. The Kier molecular flexibility index (Phi) is 3.40. The minimum atomic E-state index is 0.710. The highest BCUT2D eigenvalue weighted by molar-refractivity contribution is 7.26. The molecule has 0 aliphatic heterocycles. The molecule has 6 rings (SSSR count). The summed E-state index contributed by atoms with van der Waals surface area (Å²) in [7, 11) is 2.23. The maximum Gasteiger partial charge on any atom is 0.0506 e. The number of hydrogen-bond donors (Lipinski definition) is 0. The third-order valence-corrected chi connectivity index (χ3v) is 7.79. The van der Waals surface area contributed by atoms with Gasteiger partial charge in [0.25, 0.3) is 0 Å². The van der Waals surface area contributed by atoms with Gasteiger partial charge in [0, 0.05) is 43.5 Å². The van der Waals surface area contributed by atoms with E-state index in [0.717, 1.165) is 0 Å². The van der Waals surface area contributed by atoms with Crippen molar-refractivity contribution in [3.05, 3.63) is 60.2 Å². The van der Waals surface area contributed by atoms with E-state index in [-0.39, 0.29) is 0 Å². The molecule has 27 heavy (non-hydrogen) atoms. The van der Waals surface area contributed by atoms with Crippen LogP contribution in [0.15, 0.2) is 54.6 Å². The standard InChI is InChI=1S/C25H23NS/c1-26-20-13-7-5-11-17(20)24-21(26)15-19(16-9-3-2-4-10-16)23-18-12-6-8-14-22(18)27-25(23)24/h5-8,11-16H,2-4,9-10H2,1H3. The molecule has 0 amide bonds. The molecule has 0 spiro atoms. The maximum absolute atomic E-state index is 2.53. The van der Waals surface area contributed by atoms with Crippen molar-refractivity contribution >= 4 is 53.3 Å². The van der Waals surface area contributed by atoms with Gasteiger partial charge in [-0.2, -0.15) is 0 Å². The first-order chi connectivity index (χ1) is 13.3. The number of para-hydroxylation sites is 1. The highest BCUT2D eigenvalue weighted by Crippen LogP contribution is 2.47. The molecule has 2 heterocycles. The summed E-state index contributed by atoms with van der Waals surface area (Å²) in [6.07, 6.45) is 6.84.